The predicted molar refractivity (Wildman–Crippen MR) is 91.6 cm³/mol. The van der Waals surface area contributed by atoms with E-state index in [1.807, 2.05) is 45.3 Å². The third-order valence-electron chi connectivity index (χ3n) is 3.87. The number of urea groups is 1. The molecule has 0 bridgehead atoms. The quantitative estimate of drug-likeness (QED) is 0.778. The molecule has 2 N–H and O–H groups in total. The molecular weight excluding hydrogens is 292 g/mol. The van der Waals surface area contributed by atoms with Gasteiger partial charge in [0, 0.05) is 25.2 Å². The fourth-order valence-electron chi connectivity index (χ4n) is 2.61. The highest BCUT2D eigenvalue weighted by molar-refractivity contribution is 5.96. The normalized spacial score (nSPS) is 17.7. The van der Waals surface area contributed by atoms with E-state index in [0.717, 1.165) is 24.2 Å². The lowest BCUT2D eigenvalue weighted by molar-refractivity contribution is -0.117. The van der Waals surface area contributed by atoms with Crippen molar-refractivity contribution in [2.24, 2.45) is 0 Å². The first kappa shape index (κ1) is 17.3. The summed E-state index contributed by atoms with van der Waals surface area (Å²) in [6.07, 6.45) is 1.25. The Balaban J connectivity index is 1.78. The van der Waals surface area contributed by atoms with E-state index >= 15 is 0 Å². The van der Waals surface area contributed by atoms with E-state index in [9.17, 15) is 9.59 Å². The minimum atomic E-state index is -0.202. The Labute approximate surface area is 137 Å². The van der Waals surface area contributed by atoms with Gasteiger partial charge in [0.25, 0.3) is 0 Å². The van der Waals surface area contributed by atoms with E-state index in [2.05, 4.69) is 15.5 Å². The number of carbonyl (C=O) groups excluding carboxylic acids is 2. The van der Waals surface area contributed by atoms with Gasteiger partial charge >= 0.3 is 6.03 Å². The highest BCUT2D eigenvalue weighted by Gasteiger charge is 2.31. The zero-order chi connectivity index (χ0) is 16.8. The number of amides is 3. The molecular formula is C17H26N4O2. The van der Waals surface area contributed by atoms with Crippen molar-refractivity contribution in [3.05, 3.63) is 29.8 Å². The van der Waals surface area contributed by atoms with Crippen LogP contribution in [-0.2, 0) is 4.79 Å². The highest BCUT2D eigenvalue weighted by atomic mass is 16.2. The van der Waals surface area contributed by atoms with Crippen LogP contribution in [0.25, 0.3) is 0 Å². The van der Waals surface area contributed by atoms with Gasteiger partial charge in [0.1, 0.15) is 0 Å². The van der Waals surface area contributed by atoms with Crippen molar-refractivity contribution < 1.29 is 9.59 Å². The summed E-state index contributed by atoms with van der Waals surface area (Å²) < 4.78 is 0. The lowest BCUT2D eigenvalue weighted by atomic mass is 10.2. The molecule has 1 aliphatic heterocycles. The van der Waals surface area contributed by atoms with Crippen LogP contribution < -0.4 is 15.5 Å². The van der Waals surface area contributed by atoms with Gasteiger partial charge in [-0.25, -0.2) is 4.79 Å². The van der Waals surface area contributed by atoms with Crippen molar-refractivity contribution in [3.63, 3.8) is 0 Å². The molecule has 2 rings (SSSR count). The molecule has 126 valence electrons. The smallest absolute Gasteiger partial charge is 0.315 e. The average Bonchev–Trinajstić information content (AvgIpc) is 2.85. The largest absolute Gasteiger partial charge is 0.338 e. The second-order valence-corrected chi connectivity index (χ2v) is 6.30. The van der Waals surface area contributed by atoms with E-state index < -0.39 is 0 Å². The van der Waals surface area contributed by atoms with Crippen molar-refractivity contribution in [2.75, 3.05) is 38.6 Å². The van der Waals surface area contributed by atoms with Gasteiger partial charge in [-0.15, -0.1) is 0 Å². The average molecular weight is 318 g/mol. The molecule has 1 saturated heterocycles. The Hall–Kier alpha value is -2.08. The SMILES string of the molecule is Cc1ccc(N2C[C@@H](NC(=O)NCCCN(C)C)CC2=O)cc1. The van der Waals surface area contributed by atoms with Crippen LogP contribution in [0.4, 0.5) is 10.5 Å². The van der Waals surface area contributed by atoms with Gasteiger partial charge in [-0.2, -0.15) is 0 Å². The molecule has 1 aromatic rings. The number of rotatable bonds is 6. The number of carbonyl (C=O) groups is 2. The number of hydrogen-bond donors (Lipinski definition) is 2. The van der Waals surface area contributed by atoms with Crippen LogP contribution in [0, 0.1) is 6.92 Å². The van der Waals surface area contributed by atoms with E-state index in [1.165, 1.54) is 0 Å². The van der Waals surface area contributed by atoms with Crippen molar-refractivity contribution in [2.45, 2.75) is 25.8 Å². The first-order chi connectivity index (χ1) is 11.0. The third-order valence-corrected chi connectivity index (χ3v) is 3.87. The molecule has 1 atom stereocenters. The standard InChI is InChI=1S/C17H26N4O2/c1-13-5-7-15(8-6-13)21-12-14(11-16(21)22)19-17(23)18-9-4-10-20(2)3/h5-8,14H,4,9-12H2,1-3H3,(H2,18,19,23)/t14-/m0/s1. The maximum Gasteiger partial charge on any atom is 0.315 e. The summed E-state index contributed by atoms with van der Waals surface area (Å²) in [5.74, 6) is 0.0479. The van der Waals surface area contributed by atoms with Gasteiger partial charge < -0.3 is 20.4 Å². The Bertz CT molecular complexity index is 542. The molecule has 1 heterocycles. The van der Waals surface area contributed by atoms with E-state index in [0.29, 0.717) is 19.5 Å². The summed E-state index contributed by atoms with van der Waals surface area (Å²) in [7, 11) is 4.01. The summed E-state index contributed by atoms with van der Waals surface area (Å²) in [5.41, 5.74) is 2.04. The Morgan fingerprint density at radius 3 is 2.65 bits per heavy atom. The van der Waals surface area contributed by atoms with Crippen molar-refractivity contribution in [3.8, 4) is 0 Å². The second kappa shape index (κ2) is 7.97. The second-order valence-electron chi connectivity index (χ2n) is 6.30. The van der Waals surface area contributed by atoms with Crippen LogP contribution in [0.3, 0.4) is 0 Å². The van der Waals surface area contributed by atoms with Gasteiger partial charge in [0.2, 0.25) is 5.91 Å². The number of nitrogens with one attached hydrogen (secondary N) is 2. The van der Waals surface area contributed by atoms with E-state index in [-0.39, 0.29) is 18.0 Å². The molecule has 1 fully saturated rings. The van der Waals surface area contributed by atoms with Gasteiger partial charge in [0.15, 0.2) is 0 Å². The van der Waals surface area contributed by atoms with Gasteiger partial charge in [0.05, 0.1) is 6.04 Å². The zero-order valence-electron chi connectivity index (χ0n) is 14.1. The molecule has 6 heteroatoms. The van der Waals surface area contributed by atoms with Gasteiger partial charge in [-0.3, -0.25) is 4.79 Å². The Morgan fingerprint density at radius 1 is 1.30 bits per heavy atom. The van der Waals surface area contributed by atoms with E-state index in [4.69, 9.17) is 0 Å². The van der Waals surface area contributed by atoms with Crippen LogP contribution >= 0.6 is 0 Å². The zero-order valence-corrected chi connectivity index (χ0v) is 14.1. The number of nitrogens with zero attached hydrogens (tertiary/aromatic N) is 2. The van der Waals surface area contributed by atoms with Gasteiger partial charge in [-0.05, 0) is 46.1 Å². The summed E-state index contributed by atoms with van der Waals surface area (Å²) >= 11 is 0. The molecule has 1 aromatic carbocycles. The predicted octanol–water partition coefficient (Wildman–Crippen LogP) is 1.35. The fraction of sp³-hybridized carbons (Fsp3) is 0.529. The first-order valence-corrected chi connectivity index (χ1v) is 8.02. The minimum Gasteiger partial charge on any atom is -0.338 e. The molecule has 6 nitrogen and oxygen atoms in total. The molecule has 1 aliphatic rings. The summed E-state index contributed by atoms with van der Waals surface area (Å²) in [5, 5.41) is 5.72. The van der Waals surface area contributed by atoms with Crippen LogP contribution in [-0.4, -0.2) is 56.6 Å². The molecule has 0 radical (unpaired) electrons. The molecule has 0 spiro atoms. The number of hydrogen-bond acceptors (Lipinski definition) is 3. The molecule has 0 aromatic heterocycles. The Morgan fingerprint density at radius 2 is 2.00 bits per heavy atom. The topological polar surface area (TPSA) is 64.7 Å². The van der Waals surface area contributed by atoms with Crippen molar-refractivity contribution in [1.82, 2.24) is 15.5 Å². The number of benzene rings is 1. The molecule has 3 amide bonds. The number of anilines is 1. The monoisotopic (exact) mass is 318 g/mol. The lowest BCUT2D eigenvalue weighted by Crippen LogP contribution is -2.43. The third kappa shape index (κ3) is 5.25. The van der Waals surface area contributed by atoms with Crippen LogP contribution in [0.5, 0.6) is 0 Å². The maximum atomic E-state index is 12.1. The summed E-state index contributed by atoms with van der Waals surface area (Å²) in [4.78, 5) is 27.8. The van der Waals surface area contributed by atoms with Crippen LogP contribution in [0.1, 0.15) is 18.4 Å². The van der Waals surface area contributed by atoms with Crippen LogP contribution in [0.2, 0.25) is 0 Å². The molecule has 0 aliphatic carbocycles. The minimum absolute atomic E-state index is 0.0479. The van der Waals surface area contributed by atoms with Crippen molar-refractivity contribution >= 4 is 17.6 Å². The Kier molecular flexibility index (Phi) is 5.98. The summed E-state index contributed by atoms with van der Waals surface area (Å²) in [6, 6.07) is 7.51. The molecule has 0 unspecified atom stereocenters. The maximum absolute atomic E-state index is 12.1. The highest BCUT2D eigenvalue weighted by Crippen LogP contribution is 2.21. The summed E-state index contributed by atoms with van der Waals surface area (Å²) in [6.45, 7) is 4.10. The van der Waals surface area contributed by atoms with E-state index in [1.54, 1.807) is 4.90 Å². The fourth-order valence-corrected chi connectivity index (χ4v) is 2.61. The van der Waals surface area contributed by atoms with Crippen molar-refractivity contribution in [1.29, 1.82) is 0 Å². The first-order valence-electron chi connectivity index (χ1n) is 8.02. The molecule has 23 heavy (non-hydrogen) atoms. The lowest BCUT2D eigenvalue weighted by Gasteiger charge is -2.17. The van der Waals surface area contributed by atoms with Gasteiger partial charge in [-0.1, -0.05) is 17.7 Å². The van der Waals surface area contributed by atoms with Crippen LogP contribution in [0.15, 0.2) is 24.3 Å². The number of aryl methyl sites for hydroxylation is 1. The molecule has 0 saturated carbocycles.